The lowest BCUT2D eigenvalue weighted by molar-refractivity contribution is -0.117. The molecule has 2 aromatic heterocycles. The number of anilines is 2. The molecule has 1 fully saturated rings. The van der Waals surface area contributed by atoms with Gasteiger partial charge in [-0.3, -0.25) is 14.4 Å². The SMILES string of the molecule is Cc1cc(N2CCC(Nc3cnn(-c4ccccc4)c3C(C)C)C2=O)n(C)n1. The number of nitrogens with one attached hydrogen (secondary N) is 1. The maximum atomic E-state index is 13.0. The minimum Gasteiger partial charge on any atom is -0.371 e. The number of hydrogen-bond acceptors (Lipinski definition) is 4. The van der Waals surface area contributed by atoms with Crippen molar-refractivity contribution >= 4 is 17.4 Å². The average Bonchev–Trinajstić information content (AvgIpc) is 3.34. The van der Waals surface area contributed by atoms with E-state index in [9.17, 15) is 4.79 Å². The van der Waals surface area contributed by atoms with Crippen LogP contribution >= 0.6 is 0 Å². The van der Waals surface area contributed by atoms with Crippen LogP contribution in [0.25, 0.3) is 5.69 Å². The first kappa shape index (κ1) is 18.3. The fraction of sp³-hybridized carbons (Fsp3) is 0.381. The molecule has 146 valence electrons. The second-order valence-corrected chi connectivity index (χ2v) is 7.59. The minimum absolute atomic E-state index is 0.0742. The van der Waals surface area contributed by atoms with Crippen molar-refractivity contribution in [3.05, 3.63) is 54.0 Å². The van der Waals surface area contributed by atoms with Crippen LogP contribution < -0.4 is 10.2 Å². The monoisotopic (exact) mass is 378 g/mol. The van der Waals surface area contributed by atoms with Gasteiger partial charge >= 0.3 is 0 Å². The molecule has 1 N–H and O–H groups in total. The van der Waals surface area contributed by atoms with Crippen LogP contribution in [-0.2, 0) is 11.8 Å². The molecule has 4 rings (SSSR count). The number of para-hydroxylation sites is 1. The number of hydrogen-bond donors (Lipinski definition) is 1. The van der Waals surface area contributed by atoms with Gasteiger partial charge in [-0.05, 0) is 31.4 Å². The van der Waals surface area contributed by atoms with E-state index in [1.54, 1.807) is 4.68 Å². The minimum atomic E-state index is -0.263. The topological polar surface area (TPSA) is 68.0 Å². The van der Waals surface area contributed by atoms with Crippen molar-refractivity contribution < 1.29 is 4.79 Å². The summed E-state index contributed by atoms with van der Waals surface area (Å²) >= 11 is 0. The van der Waals surface area contributed by atoms with Gasteiger partial charge in [0.05, 0.1) is 29.0 Å². The molecule has 0 saturated carbocycles. The lowest BCUT2D eigenvalue weighted by Crippen LogP contribution is -2.34. The smallest absolute Gasteiger partial charge is 0.250 e. The van der Waals surface area contributed by atoms with Crippen LogP contribution in [0, 0.1) is 6.92 Å². The maximum absolute atomic E-state index is 13.0. The van der Waals surface area contributed by atoms with Gasteiger partial charge in [0.2, 0.25) is 0 Å². The number of aryl methyl sites for hydroxylation is 2. The maximum Gasteiger partial charge on any atom is 0.250 e. The molecule has 1 unspecified atom stereocenters. The Kier molecular flexibility index (Phi) is 4.66. The highest BCUT2D eigenvalue weighted by molar-refractivity contribution is 6.00. The summed E-state index contributed by atoms with van der Waals surface area (Å²) in [6.07, 6.45) is 2.57. The Morgan fingerprint density at radius 2 is 1.96 bits per heavy atom. The van der Waals surface area contributed by atoms with E-state index in [2.05, 4.69) is 29.4 Å². The van der Waals surface area contributed by atoms with Crippen LogP contribution in [-0.4, -0.2) is 38.1 Å². The van der Waals surface area contributed by atoms with Gasteiger partial charge in [0.1, 0.15) is 11.9 Å². The largest absolute Gasteiger partial charge is 0.371 e. The number of nitrogens with zero attached hydrogens (tertiary/aromatic N) is 5. The number of rotatable bonds is 5. The molecule has 0 spiro atoms. The number of amides is 1. The van der Waals surface area contributed by atoms with Crippen molar-refractivity contribution in [3.63, 3.8) is 0 Å². The quantitative estimate of drug-likeness (QED) is 0.740. The molecule has 7 heteroatoms. The molecule has 0 bridgehead atoms. The van der Waals surface area contributed by atoms with E-state index in [0.29, 0.717) is 6.54 Å². The highest BCUT2D eigenvalue weighted by Gasteiger charge is 2.35. The molecular formula is C21H26N6O. The highest BCUT2D eigenvalue weighted by atomic mass is 16.2. The van der Waals surface area contributed by atoms with Crippen LogP contribution in [0.4, 0.5) is 11.5 Å². The van der Waals surface area contributed by atoms with Crippen LogP contribution in [0.3, 0.4) is 0 Å². The van der Waals surface area contributed by atoms with Crippen molar-refractivity contribution in [3.8, 4) is 5.69 Å². The molecule has 7 nitrogen and oxygen atoms in total. The number of carbonyl (C=O) groups is 1. The van der Waals surface area contributed by atoms with Gasteiger partial charge in [-0.2, -0.15) is 10.2 Å². The second-order valence-electron chi connectivity index (χ2n) is 7.59. The van der Waals surface area contributed by atoms with Crippen LogP contribution in [0.15, 0.2) is 42.6 Å². The normalized spacial score (nSPS) is 17.0. The predicted octanol–water partition coefficient (Wildman–Crippen LogP) is 3.26. The van der Waals surface area contributed by atoms with Gasteiger partial charge in [-0.1, -0.05) is 32.0 Å². The summed E-state index contributed by atoms with van der Waals surface area (Å²) in [7, 11) is 1.87. The Labute approximate surface area is 165 Å². The van der Waals surface area contributed by atoms with Crippen molar-refractivity contribution in [1.29, 1.82) is 0 Å². The summed E-state index contributed by atoms with van der Waals surface area (Å²) in [6.45, 7) is 6.90. The predicted molar refractivity (Wildman–Crippen MR) is 110 cm³/mol. The third kappa shape index (κ3) is 3.17. The van der Waals surface area contributed by atoms with E-state index in [-0.39, 0.29) is 17.9 Å². The van der Waals surface area contributed by atoms with Crippen molar-refractivity contribution in [1.82, 2.24) is 19.6 Å². The first-order valence-corrected chi connectivity index (χ1v) is 9.67. The fourth-order valence-electron chi connectivity index (χ4n) is 3.88. The lowest BCUT2D eigenvalue weighted by Gasteiger charge is -2.18. The summed E-state index contributed by atoms with van der Waals surface area (Å²) < 4.78 is 3.72. The molecular weight excluding hydrogens is 352 g/mol. The lowest BCUT2D eigenvalue weighted by atomic mass is 10.1. The van der Waals surface area contributed by atoms with Crippen molar-refractivity contribution in [2.75, 3.05) is 16.8 Å². The van der Waals surface area contributed by atoms with Crippen molar-refractivity contribution in [2.24, 2.45) is 7.05 Å². The molecule has 28 heavy (non-hydrogen) atoms. The standard InChI is InChI=1S/C21H26N6O/c1-14(2)20-18(13-22-27(20)16-8-6-5-7-9-16)23-17-10-11-26(21(17)28)19-12-15(3)24-25(19)4/h5-9,12-14,17,23H,10-11H2,1-4H3. The third-order valence-corrected chi connectivity index (χ3v) is 5.14. The van der Waals surface area contributed by atoms with Crippen LogP contribution in [0.5, 0.6) is 0 Å². The van der Waals surface area contributed by atoms with Gasteiger partial charge in [0.15, 0.2) is 0 Å². The summed E-state index contributed by atoms with van der Waals surface area (Å²) in [4.78, 5) is 14.8. The van der Waals surface area contributed by atoms with E-state index in [0.717, 1.165) is 35.0 Å². The first-order valence-electron chi connectivity index (χ1n) is 9.67. The molecule has 0 radical (unpaired) electrons. The van der Waals surface area contributed by atoms with Crippen LogP contribution in [0.1, 0.15) is 37.6 Å². The molecule has 3 aromatic rings. The first-order chi connectivity index (χ1) is 13.5. The third-order valence-electron chi connectivity index (χ3n) is 5.14. The summed E-state index contributed by atoms with van der Waals surface area (Å²) in [5, 5.41) is 12.4. The highest BCUT2D eigenvalue weighted by Crippen LogP contribution is 2.30. The number of benzene rings is 1. The molecule has 1 aliphatic heterocycles. The summed E-state index contributed by atoms with van der Waals surface area (Å²) in [6, 6.07) is 11.8. The van der Waals surface area contributed by atoms with Gasteiger partial charge in [0.25, 0.3) is 5.91 Å². The van der Waals surface area contributed by atoms with E-state index in [1.807, 2.05) is 66.1 Å². The van der Waals surface area contributed by atoms with E-state index >= 15 is 0 Å². The zero-order valence-electron chi connectivity index (χ0n) is 16.8. The van der Waals surface area contributed by atoms with Gasteiger partial charge < -0.3 is 5.32 Å². The Bertz CT molecular complexity index is 988. The fourth-order valence-corrected chi connectivity index (χ4v) is 3.88. The van der Waals surface area contributed by atoms with Crippen LogP contribution in [0.2, 0.25) is 0 Å². The zero-order chi connectivity index (χ0) is 19.8. The van der Waals surface area contributed by atoms with E-state index < -0.39 is 0 Å². The number of aromatic nitrogens is 4. The van der Waals surface area contributed by atoms with Crippen molar-refractivity contribution in [2.45, 2.75) is 39.2 Å². The Balaban J connectivity index is 1.59. The Morgan fingerprint density at radius 3 is 2.61 bits per heavy atom. The van der Waals surface area contributed by atoms with Gasteiger partial charge in [-0.25, -0.2) is 4.68 Å². The molecule has 0 aliphatic carbocycles. The Morgan fingerprint density at radius 1 is 1.21 bits per heavy atom. The van der Waals surface area contributed by atoms with Gasteiger partial charge in [-0.15, -0.1) is 0 Å². The van der Waals surface area contributed by atoms with E-state index in [1.165, 1.54) is 0 Å². The zero-order valence-corrected chi connectivity index (χ0v) is 16.8. The van der Waals surface area contributed by atoms with Gasteiger partial charge in [0, 0.05) is 19.7 Å². The molecule has 1 atom stereocenters. The Hall–Kier alpha value is -3.09. The summed E-state index contributed by atoms with van der Waals surface area (Å²) in [5.41, 5.74) is 3.92. The molecule has 1 amide bonds. The summed E-state index contributed by atoms with van der Waals surface area (Å²) in [5.74, 6) is 1.18. The molecule has 1 saturated heterocycles. The second kappa shape index (κ2) is 7.14. The van der Waals surface area contributed by atoms with E-state index in [4.69, 9.17) is 0 Å². The molecule has 1 aliphatic rings. The molecule has 3 heterocycles. The average molecular weight is 378 g/mol. The number of carbonyl (C=O) groups excluding carboxylic acids is 1. The molecule has 1 aromatic carbocycles.